The molecular weight excluding hydrogens is 372 g/mol. The molecule has 1 aliphatic heterocycles. The first-order chi connectivity index (χ1) is 14.0. The number of hydrogen-bond donors (Lipinski definition) is 3. The number of rotatable bonds is 6. The van der Waals surface area contributed by atoms with E-state index in [0.717, 1.165) is 15.8 Å². The predicted molar refractivity (Wildman–Crippen MR) is 107 cm³/mol. The van der Waals surface area contributed by atoms with Crippen molar-refractivity contribution in [2.75, 3.05) is 12.4 Å². The minimum absolute atomic E-state index is 0.0797. The molecule has 1 atom stereocenters. The van der Waals surface area contributed by atoms with Crippen molar-refractivity contribution in [1.82, 2.24) is 15.2 Å². The van der Waals surface area contributed by atoms with Crippen molar-refractivity contribution in [2.24, 2.45) is 0 Å². The summed E-state index contributed by atoms with van der Waals surface area (Å²) < 4.78 is 5.27. The second-order valence-corrected chi connectivity index (χ2v) is 6.77. The summed E-state index contributed by atoms with van der Waals surface area (Å²) in [5.41, 5.74) is 2.23. The zero-order valence-electron chi connectivity index (χ0n) is 15.8. The number of urea groups is 1. The number of benzene rings is 2. The van der Waals surface area contributed by atoms with E-state index in [2.05, 4.69) is 15.6 Å². The highest BCUT2D eigenvalue weighted by Crippen LogP contribution is 2.22. The summed E-state index contributed by atoms with van der Waals surface area (Å²) in [5.74, 6) is -0.196. The molecule has 1 saturated heterocycles. The van der Waals surface area contributed by atoms with Crippen LogP contribution in [-0.4, -0.2) is 40.9 Å². The summed E-state index contributed by atoms with van der Waals surface area (Å²) in [6.45, 7) is 0.0797. The highest BCUT2D eigenvalue weighted by molar-refractivity contribution is 6.07. The van der Waals surface area contributed by atoms with Crippen molar-refractivity contribution in [3.8, 4) is 5.75 Å². The van der Waals surface area contributed by atoms with Crippen LogP contribution in [0, 0.1) is 0 Å². The van der Waals surface area contributed by atoms with Gasteiger partial charge in [0.15, 0.2) is 0 Å². The van der Waals surface area contributed by atoms with Gasteiger partial charge in [0.25, 0.3) is 5.91 Å². The van der Waals surface area contributed by atoms with Crippen LogP contribution in [0.5, 0.6) is 5.75 Å². The maximum atomic E-state index is 12.7. The van der Waals surface area contributed by atoms with E-state index in [1.807, 2.05) is 36.5 Å². The Morgan fingerprint density at radius 2 is 2.00 bits per heavy atom. The molecule has 0 spiro atoms. The smallest absolute Gasteiger partial charge is 0.325 e. The van der Waals surface area contributed by atoms with Crippen LogP contribution in [0.4, 0.5) is 10.5 Å². The molecule has 1 aliphatic rings. The maximum absolute atomic E-state index is 12.7. The van der Waals surface area contributed by atoms with Crippen LogP contribution in [0.25, 0.3) is 10.9 Å². The number of carbonyl (C=O) groups is 3. The Labute approximate surface area is 166 Å². The van der Waals surface area contributed by atoms with Crippen molar-refractivity contribution in [2.45, 2.75) is 19.0 Å². The lowest BCUT2D eigenvalue weighted by molar-refractivity contribution is -0.130. The Kier molecular flexibility index (Phi) is 4.90. The van der Waals surface area contributed by atoms with Crippen molar-refractivity contribution in [3.05, 3.63) is 60.3 Å². The van der Waals surface area contributed by atoms with E-state index in [9.17, 15) is 14.4 Å². The molecule has 4 rings (SSSR count). The lowest BCUT2D eigenvalue weighted by atomic mass is 10.1. The number of amides is 4. The van der Waals surface area contributed by atoms with E-state index in [-0.39, 0.29) is 18.9 Å². The first-order valence-corrected chi connectivity index (χ1v) is 9.16. The van der Waals surface area contributed by atoms with Crippen LogP contribution in [0.15, 0.2) is 54.7 Å². The van der Waals surface area contributed by atoms with Gasteiger partial charge in [-0.05, 0) is 29.7 Å². The van der Waals surface area contributed by atoms with Gasteiger partial charge in [-0.15, -0.1) is 0 Å². The SMILES string of the molecule is COc1ccccc1CN1C(=O)NC(CC(=O)Nc2ccc3cc[nH]c3c2)C1=O. The van der Waals surface area contributed by atoms with Gasteiger partial charge in [-0.25, -0.2) is 4.79 Å². The van der Waals surface area contributed by atoms with Gasteiger partial charge in [-0.3, -0.25) is 14.5 Å². The van der Waals surface area contributed by atoms with E-state index in [4.69, 9.17) is 4.74 Å². The third-order valence-corrected chi connectivity index (χ3v) is 4.86. The fourth-order valence-electron chi connectivity index (χ4n) is 3.39. The van der Waals surface area contributed by atoms with Gasteiger partial charge < -0.3 is 20.4 Å². The number of H-pyrrole nitrogens is 1. The quantitative estimate of drug-likeness (QED) is 0.561. The Bertz CT molecular complexity index is 1090. The third-order valence-electron chi connectivity index (χ3n) is 4.86. The number of carbonyl (C=O) groups excluding carboxylic acids is 3. The van der Waals surface area contributed by atoms with Crippen LogP contribution in [-0.2, 0) is 16.1 Å². The number of nitrogens with zero attached hydrogens (tertiary/aromatic N) is 1. The second kappa shape index (κ2) is 7.67. The molecule has 148 valence electrons. The molecule has 1 aromatic heterocycles. The molecule has 0 radical (unpaired) electrons. The lowest BCUT2D eigenvalue weighted by Crippen LogP contribution is -2.34. The molecule has 8 heteroatoms. The summed E-state index contributed by atoms with van der Waals surface area (Å²) in [7, 11) is 1.53. The number of ether oxygens (including phenoxy) is 1. The van der Waals surface area contributed by atoms with Crippen molar-refractivity contribution in [3.63, 3.8) is 0 Å². The molecule has 0 bridgehead atoms. The molecule has 0 saturated carbocycles. The van der Waals surface area contributed by atoms with Crippen LogP contribution in [0.1, 0.15) is 12.0 Å². The number of aromatic nitrogens is 1. The average Bonchev–Trinajstić information content (AvgIpc) is 3.28. The van der Waals surface area contributed by atoms with E-state index in [1.165, 1.54) is 7.11 Å². The fraction of sp³-hybridized carbons (Fsp3) is 0.190. The van der Waals surface area contributed by atoms with Crippen molar-refractivity contribution < 1.29 is 19.1 Å². The summed E-state index contributed by atoms with van der Waals surface area (Å²) in [6.07, 6.45) is 1.68. The summed E-state index contributed by atoms with van der Waals surface area (Å²) in [5, 5.41) is 6.39. The summed E-state index contributed by atoms with van der Waals surface area (Å²) >= 11 is 0. The zero-order chi connectivity index (χ0) is 20.4. The summed E-state index contributed by atoms with van der Waals surface area (Å²) in [4.78, 5) is 41.5. The van der Waals surface area contributed by atoms with Gasteiger partial charge in [0.05, 0.1) is 20.1 Å². The topological polar surface area (TPSA) is 104 Å². The van der Waals surface area contributed by atoms with Crippen molar-refractivity contribution in [1.29, 1.82) is 0 Å². The molecule has 2 heterocycles. The Morgan fingerprint density at radius 3 is 2.83 bits per heavy atom. The van der Waals surface area contributed by atoms with Crippen LogP contribution in [0.3, 0.4) is 0 Å². The number of methoxy groups -OCH3 is 1. The number of nitrogens with one attached hydrogen (secondary N) is 3. The van der Waals surface area contributed by atoms with Crippen LogP contribution < -0.4 is 15.4 Å². The highest BCUT2D eigenvalue weighted by Gasteiger charge is 2.39. The molecular formula is C21H20N4O4. The van der Waals surface area contributed by atoms with Crippen LogP contribution in [0.2, 0.25) is 0 Å². The number of imide groups is 1. The molecule has 1 fully saturated rings. The third kappa shape index (κ3) is 3.77. The fourth-order valence-corrected chi connectivity index (χ4v) is 3.39. The van der Waals surface area contributed by atoms with Gasteiger partial charge >= 0.3 is 6.03 Å². The molecule has 8 nitrogen and oxygen atoms in total. The average molecular weight is 392 g/mol. The van der Waals surface area contributed by atoms with Gasteiger partial charge in [0.2, 0.25) is 5.91 Å². The Morgan fingerprint density at radius 1 is 1.17 bits per heavy atom. The van der Waals surface area contributed by atoms with E-state index in [0.29, 0.717) is 17.0 Å². The molecule has 0 aliphatic carbocycles. The van der Waals surface area contributed by atoms with Gasteiger partial charge in [-0.2, -0.15) is 0 Å². The minimum atomic E-state index is -0.897. The minimum Gasteiger partial charge on any atom is -0.496 e. The monoisotopic (exact) mass is 392 g/mol. The number of aromatic amines is 1. The summed E-state index contributed by atoms with van der Waals surface area (Å²) in [6, 6.07) is 13.2. The van der Waals surface area contributed by atoms with Gasteiger partial charge in [0, 0.05) is 23.0 Å². The van der Waals surface area contributed by atoms with Gasteiger partial charge in [0.1, 0.15) is 11.8 Å². The van der Waals surface area contributed by atoms with E-state index < -0.39 is 18.0 Å². The molecule has 3 N–H and O–H groups in total. The molecule has 29 heavy (non-hydrogen) atoms. The van der Waals surface area contributed by atoms with Gasteiger partial charge in [-0.1, -0.05) is 24.3 Å². The zero-order valence-corrected chi connectivity index (χ0v) is 15.8. The predicted octanol–water partition coefficient (Wildman–Crippen LogP) is 2.63. The number of anilines is 1. The Balaban J connectivity index is 1.41. The first-order valence-electron chi connectivity index (χ1n) is 9.16. The molecule has 2 aromatic carbocycles. The largest absolute Gasteiger partial charge is 0.496 e. The number of fused-ring (bicyclic) bond motifs is 1. The lowest BCUT2D eigenvalue weighted by Gasteiger charge is -2.15. The second-order valence-electron chi connectivity index (χ2n) is 6.77. The van der Waals surface area contributed by atoms with Crippen LogP contribution >= 0.6 is 0 Å². The maximum Gasteiger partial charge on any atom is 0.325 e. The Hall–Kier alpha value is -3.81. The molecule has 1 unspecified atom stereocenters. The van der Waals surface area contributed by atoms with E-state index >= 15 is 0 Å². The number of hydrogen-bond acceptors (Lipinski definition) is 4. The first kappa shape index (κ1) is 18.5. The highest BCUT2D eigenvalue weighted by atomic mass is 16.5. The molecule has 3 aromatic rings. The normalized spacial score (nSPS) is 16.2. The van der Waals surface area contributed by atoms with Crippen molar-refractivity contribution >= 4 is 34.4 Å². The van der Waals surface area contributed by atoms with E-state index in [1.54, 1.807) is 18.2 Å². The molecule has 4 amide bonds. The number of para-hydroxylation sites is 1. The standard InChI is InChI=1S/C21H20N4O4/c1-29-18-5-3-2-4-14(18)12-25-20(27)17(24-21(25)28)11-19(26)23-15-7-6-13-8-9-22-16(13)10-15/h2-10,17,22H,11-12H2,1H3,(H,23,26)(H,24,28).